The van der Waals surface area contributed by atoms with Crippen LogP contribution in [0, 0.1) is 0 Å². The van der Waals surface area contributed by atoms with Crippen LogP contribution in [0.5, 0.6) is 5.75 Å². The number of hydrogen-bond donors (Lipinski definition) is 1. The number of anilines is 2. The summed E-state index contributed by atoms with van der Waals surface area (Å²) < 4.78 is 5.79. The fourth-order valence-electron chi connectivity index (χ4n) is 3.48. The molecule has 0 radical (unpaired) electrons. The smallest absolute Gasteiger partial charge is 0.262 e. The molecular weight excluding hydrogens is 366 g/mol. The van der Waals surface area contributed by atoms with E-state index in [4.69, 9.17) is 9.72 Å². The average Bonchev–Trinajstić information content (AvgIpc) is 3.27. The molecular formula is C23H23N3O3. The highest BCUT2D eigenvalue weighted by atomic mass is 16.5. The van der Waals surface area contributed by atoms with Crippen molar-refractivity contribution in [3.05, 3.63) is 60.2 Å². The molecule has 1 saturated heterocycles. The quantitative estimate of drug-likeness (QED) is 0.644. The summed E-state index contributed by atoms with van der Waals surface area (Å²) in [5.74, 6) is 1.25. The molecule has 0 unspecified atom stereocenters. The number of carbonyl (C=O) groups excluding carboxylic acids is 2. The fourth-order valence-corrected chi connectivity index (χ4v) is 3.48. The molecule has 0 atom stereocenters. The van der Waals surface area contributed by atoms with Crippen LogP contribution in [0.25, 0.3) is 10.9 Å². The number of hydrogen-bond acceptors (Lipinski definition) is 5. The Bertz CT molecular complexity index is 1040. The number of benzene rings is 2. The summed E-state index contributed by atoms with van der Waals surface area (Å²) in [6.07, 6.45) is 2.37. The first-order valence-electron chi connectivity index (χ1n) is 9.78. The van der Waals surface area contributed by atoms with Gasteiger partial charge in [0.15, 0.2) is 12.4 Å². The maximum atomic E-state index is 12.3. The first-order valence-corrected chi connectivity index (χ1v) is 9.78. The van der Waals surface area contributed by atoms with Crippen molar-refractivity contribution in [2.24, 2.45) is 0 Å². The Morgan fingerprint density at radius 2 is 1.79 bits per heavy atom. The standard InChI is InChI=1S/C23H23N3O3/c1-16(27)17-7-10-19(11-8-17)24-22(28)15-29-20-6-4-5-18-9-12-21(25-23(18)20)26-13-2-3-14-26/h4-12H,2-3,13-15H2,1H3,(H,24,28). The van der Waals surface area contributed by atoms with Crippen LogP contribution in [0.2, 0.25) is 0 Å². The molecule has 4 rings (SSSR count). The van der Waals surface area contributed by atoms with E-state index in [1.165, 1.54) is 19.8 Å². The number of aromatic nitrogens is 1. The average molecular weight is 389 g/mol. The Labute approximate surface area is 169 Å². The van der Waals surface area contributed by atoms with Gasteiger partial charge in [0.05, 0.1) is 0 Å². The van der Waals surface area contributed by atoms with Gasteiger partial charge in [-0.3, -0.25) is 9.59 Å². The summed E-state index contributed by atoms with van der Waals surface area (Å²) in [5, 5.41) is 3.76. The number of ether oxygens (including phenoxy) is 1. The SMILES string of the molecule is CC(=O)c1ccc(NC(=O)COc2cccc3ccc(N4CCCC4)nc23)cc1. The van der Waals surface area contributed by atoms with Crippen molar-refractivity contribution >= 4 is 34.1 Å². The number of nitrogens with one attached hydrogen (secondary N) is 1. The lowest BCUT2D eigenvalue weighted by Gasteiger charge is -2.17. The second-order valence-electron chi connectivity index (χ2n) is 7.16. The normalized spacial score (nSPS) is 13.5. The maximum absolute atomic E-state index is 12.3. The van der Waals surface area contributed by atoms with Crippen LogP contribution in [-0.4, -0.2) is 36.4 Å². The number of pyridine rings is 1. The molecule has 2 heterocycles. The Kier molecular flexibility index (Phi) is 5.42. The zero-order valence-electron chi connectivity index (χ0n) is 16.4. The highest BCUT2D eigenvalue weighted by Gasteiger charge is 2.15. The van der Waals surface area contributed by atoms with Gasteiger partial charge in [0.2, 0.25) is 0 Å². The van der Waals surface area contributed by atoms with Crippen LogP contribution in [-0.2, 0) is 4.79 Å². The third kappa shape index (κ3) is 4.37. The summed E-state index contributed by atoms with van der Waals surface area (Å²) in [6.45, 7) is 3.43. The third-order valence-electron chi connectivity index (χ3n) is 5.03. The first-order chi connectivity index (χ1) is 14.1. The van der Waals surface area contributed by atoms with Crippen molar-refractivity contribution in [3.8, 4) is 5.75 Å². The van der Waals surface area contributed by atoms with Gasteiger partial charge in [-0.2, -0.15) is 0 Å². The molecule has 0 bridgehead atoms. The minimum atomic E-state index is -0.270. The van der Waals surface area contributed by atoms with Gasteiger partial charge in [0.1, 0.15) is 17.1 Å². The number of rotatable bonds is 6. The van der Waals surface area contributed by atoms with E-state index in [1.807, 2.05) is 30.3 Å². The summed E-state index contributed by atoms with van der Waals surface area (Å²) in [6, 6.07) is 16.6. The molecule has 148 valence electrons. The predicted molar refractivity (Wildman–Crippen MR) is 114 cm³/mol. The van der Waals surface area contributed by atoms with Gasteiger partial charge < -0.3 is 15.0 Å². The van der Waals surface area contributed by atoms with E-state index in [0.717, 1.165) is 29.8 Å². The van der Waals surface area contributed by atoms with Crippen molar-refractivity contribution in [1.29, 1.82) is 0 Å². The number of nitrogens with zero attached hydrogens (tertiary/aromatic N) is 2. The van der Waals surface area contributed by atoms with Gasteiger partial charge >= 0.3 is 0 Å². The van der Waals surface area contributed by atoms with E-state index in [0.29, 0.717) is 17.0 Å². The molecule has 0 saturated carbocycles. The Balaban J connectivity index is 1.45. The molecule has 29 heavy (non-hydrogen) atoms. The first kappa shape index (κ1) is 18.9. The van der Waals surface area contributed by atoms with Gasteiger partial charge in [-0.1, -0.05) is 12.1 Å². The second kappa shape index (κ2) is 8.31. The van der Waals surface area contributed by atoms with Crippen molar-refractivity contribution in [3.63, 3.8) is 0 Å². The second-order valence-corrected chi connectivity index (χ2v) is 7.16. The minimum Gasteiger partial charge on any atom is -0.481 e. The van der Waals surface area contributed by atoms with Gasteiger partial charge in [-0.05, 0) is 62.2 Å². The lowest BCUT2D eigenvalue weighted by Crippen LogP contribution is -2.20. The van der Waals surface area contributed by atoms with Crippen LogP contribution in [0.15, 0.2) is 54.6 Å². The van der Waals surface area contributed by atoms with Gasteiger partial charge in [0, 0.05) is 29.7 Å². The molecule has 0 aliphatic carbocycles. The number of ketones is 1. The molecule has 1 N–H and O–H groups in total. The van der Waals surface area contributed by atoms with Crippen LogP contribution < -0.4 is 15.0 Å². The van der Waals surface area contributed by atoms with E-state index in [2.05, 4.69) is 10.2 Å². The molecule has 1 aliphatic heterocycles. The number of carbonyl (C=O) groups is 2. The van der Waals surface area contributed by atoms with Crippen molar-refractivity contribution in [2.75, 3.05) is 29.9 Å². The van der Waals surface area contributed by atoms with Gasteiger partial charge in [-0.15, -0.1) is 0 Å². The van der Waals surface area contributed by atoms with Crippen LogP contribution in [0.4, 0.5) is 11.5 Å². The fraction of sp³-hybridized carbons (Fsp3) is 0.261. The van der Waals surface area contributed by atoms with Crippen LogP contribution in [0.3, 0.4) is 0 Å². The van der Waals surface area contributed by atoms with E-state index in [1.54, 1.807) is 24.3 Å². The molecule has 2 aromatic carbocycles. The molecule has 3 aromatic rings. The Morgan fingerprint density at radius 1 is 1.03 bits per heavy atom. The Morgan fingerprint density at radius 3 is 2.52 bits per heavy atom. The highest BCUT2D eigenvalue weighted by Crippen LogP contribution is 2.27. The van der Waals surface area contributed by atoms with E-state index in [9.17, 15) is 9.59 Å². The van der Waals surface area contributed by atoms with E-state index in [-0.39, 0.29) is 18.3 Å². The van der Waals surface area contributed by atoms with Crippen LogP contribution >= 0.6 is 0 Å². The number of para-hydroxylation sites is 1. The number of amides is 1. The summed E-state index contributed by atoms with van der Waals surface area (Å²) in [7, 11) is 0. The molecule has 1 fully saturated rings. The molecule has 0 spiro atoms. The van der Waals surface area contributed by atoms with Crippen molar-refractivity contribution in [2.45, 2.75) is 19.8 Å². The zero-order valence-corrected chi connectivity index (χ0v) is 16.4. The van der Waals surface area contributed by atoms with Crippen molar-refractivity contribution in [1.82, 2.24) is 4.98 Å². The zero-order chi connectivity index (χ0) is 20.2. The predicted octanol–water partition coefficient (Wildman–Crippen LogP) is 4.06. The lowest BCUT2D eigenvalue weighted by molar-refractivity contribution is -0.118. The third-order valence-corrected chi connectivity index (χ3v) is 5.03. The number of fused-ring (bicyclic) bond motifs is 1. The van der Waals surface area contributed by atoms with E-state index >= 15 is 0 Å². The van der Waals surface area contributed by atoms with Gasteiger partial charge in [-0.25, -0.2) is 4.98 Å². The monoisotopic (exact) mass is 389 g/mol. The molecule has 1 amide bonds. The van der Waals surface area contributed by atoms with Gasteiger partial charge in [0.25, 0.3) is 5.91 Å². The minimum absolute atomic E-state index is 0.0111. The summed E-state index contributed by atoms with van der Waals surface area (Å²) >= 11 is 0. The number of Topliss-reactive ketones (excluding diaryl/α,β-unsaturated/α-hetero) is 1. The lowest BCUT2D eigenvalue weighted by atomic mass is 10.1. The van der Waals surface area contributed by atoms with E-state index < -0.39 is 0 Å². The molecule has 1 aromatic heterocycles. The molecule has 6 heteroatoms. The topological polar surface area (TPSA) is 71.5 Å². The Hall–Kier alpha value is -3.41. The molecule has 1 aliphatic rings. The largest absolute Gasteiger partial charge is 0.481 e. The molecule has 6 nitrogen and oxygen atoms in total. The summed E-state index contributed by atoms with van der Waals surface area (Å²) in [4.78, 5) is 30.7. The van der Waals surface area contributed by atoms with Crippen molar-refractivity contribution < 1.29 is 14.3 Å². The summed E-state index contributed by atoms with van der Waals surface area (Å²) in [5.41, 5.74) is 1.99. The maximum Gasteiger partial charge on any atom is 0.262 e. The van der Waals surface area contributed by atoms with Crippen LogP contribution in [0.1, 0.15) is 30.1 Å². The highest BCUT2D eigenvalue weighted by molar-refractivity contribution is 5.96.